The number of likely N-dealkylation sites (N-methyl/N-ethyl adjacent to an activating group) is 1. The molecule has 1 unspecified atom stereocenters. The second kappa shape index (κ2) is 5.66. The standard InChI is InChI=1S/C12H18BrN3/c1-16-7-6-14-8-12(16)9-15-11-4-2-10(13)3-5-11/h2-5,12,14-15H,6-9H2,1H3. The summed E-state index contributed by atoms with van der Waals surface area (Å²) in [7, 11) is 2.19. The number of benzene rings is 1. The normalized spacial score (nSPS) is 22.0. The van der Waals surface area contributed by atoms with Gasteiger partial charge in [0.1, 0.15) is 0 Å². The second-order valence-electron chi connectivity index (χ2n) is 4.23. The minimum atomic E-state index is 0.581. The highest BCUT2D eigenvalue weighted by Crippen LogP contribution is 2.14. The van der Waals surface area contributed by atoms with Gasteiger partial charge in [-0.15, -0.1) is 0 Å². The number of anilines is 1. The van der Waals surface area contributed by atoms with E-state index in [9.17, 15) is 0 Å². The summed E-state index contributed by atoms with van der Waals surface area (Å²) >= 11 is 3.44. The molecule has 88 valence electrons. The van der Waals surface area contributed by atoms with Crippen LogP contribution in [0.25, 0.3) is 0 Å². The van der Waals surface area contributed by atoms with Gasteiger partial charge in [-0.2, -0.15) is 0 Å². The summed E-state index contributed by atoms with van der Waals surface area (Å²) in [6, 6.07) is 8.90. The van der Waals surface area contributed by atoms with Crippen LogP contribution in [0.3, 0.4) is 0 Å². The highest BCUT2D eigenvalue weighted by atomic mass is 79.9. The number of halogens is 1. The molecule has 2 rings (SSSR count). The molecule has 0 radical (unpaired) electrons. The number of hydrogen-bond acceptors (Lipinski definition) is 3. The van der Waals surface area contributed by atoms with Gasteiger partial charge >= 0.3 is 0 Å². The Morgan fingerprint density at radius 2 is 2.19 bits per heavy atom. The Morgan fingerprint density at radius 3 is 2.88 bits per heavy atom. The Kier molecular flexibility index (Phi) is 4.21. The maximum Gasteiger partial charge on any atom is 0.0390 e. The molecule has 1 saturated heterocycles. The fraction of sp³-hybridized carbons (Fsp3) is 0.500. The maximum absolute atomic E-state index is 3.47. The largest absolute Gasteiger partial charge is 0.383 e. The van der Waals surface area contributed by atoms with Crippen molar-refractivity contribution in [2.75, 3.05) is 38.5 Å². The third-order valence-electron chi connectivity index (χ3n) is 3.03. The molecule has 0 spiro atoms. The average Bonchev–Trinajstić information content (AvgIpc) is 2.30. The van der Waals surface area contributed by atoms with E-state index in [1.807, 2.05) is 0 Å². The predicted octanol–water partition coefficient (Wildman–Crippen LogP) is 1.76. The lowest BCUT2D eigenvalue weighted by molar-refractivity contribution is 0.209. The van der Waals surface area contributed by atoms with Gasteiger partial charge < -0.3 is 10.6 Å². The first-order valence-electron chi connectivity index (χ1n) is 5.66. The molecule has 1 atom stereocenters. The van der Waals surface area contributed by atoms with Crippen molar-refractivity contribution in [1.29, 1.82) is 0 Å². The molecule has 3 nitrogen and oxygen atoms in total. The van der Waals surface area contributed by atoms with Crippen LogP contribution in [-0.2, 0) is 0 Å². The summed E-state index contributed by atoms with van der Waals surface area (Å²) in [6.07, 6.45) is 0. The van der Waals surface area contributed by atoms with E-state index in [2.05, 4.69) is 62.8 Å². The number of nitrogens with one attached hydrogen (secondary N) is 2. The first-order valence-corrected chi connectivity index (χ1v) is 6.45. The van der Waals surface area contributed by atoms with Crippen molar-refractivity contribution in [2.24, 2.45) is 0 Å². The zero-order valence-electron chi connectivity index (χ0n) is 9.54. The summed E-state index contributed by atoms with van der Waals surface area (Å²) < 4.78 is 1.12. The molecule has 1 aromatic carbocycles. The SMILES string of the molecule is CN1CCNCC1CNc1ccc(Br)cc1. The molecular formula is C12H18BrN3. The van der Waals surface area contributed by atoms with Gasteiger partial charge in [-0.05, 0) is 31.3 Å². The Labute approximate surface area is 105 Å². The lowest BCUT2D eigenvalue weighted by Crippen LogP contribution is -2.52. The van der Waals surface area contributed by atoms with Gasteiger partial charge in [-0.25, -0.2) is 0 Å². The average molecular weight is 284 g/mol. The van der Waals surface area contributed by atoms with Crippen LogP contribution in [0, 0.1) is 0 Å². The van der Waals surface area contributed by atoms with Gasteiger partial charge in [-0.3, -0.25) is 4.90 Å². The first-order chi connectivity index (χ1) is 7.75. The van der Waals surface area contributed by atoms with E-state index in [4.69, 9.17) is 0 Å². The quantitative estimate of drug-likeness (QED) is 0.885. The van der Waals surface area contributed by atoms with Crippen molar-refractivity contribution >= 4 is 21.6 Å². The van der Waals surface area contributed by atoms with Crippen LogP contribution in [0.1, 0.15) is 0 Å². The van der Waals surface area contributed by atoms with E-state index in [-0.39, 0.29) is 0 Å². The molecule has 1 fully saturated rings. The molecule has 16 heavy (non-hydrogen) atoms. The van der Waals surface area contributed by atoms with Gasteiger partial charge in [0.25, 0.3) is 0 Å². The summed E-state index contributed by atoms with van der Waals surface area (Å²) in [5, 5.41) is 6.89. The van der Waals surface area contributed by atoms with E-state index in [1.165, 1.54) is 5.69 Å². The Balaban J connectivity index is 1.84. The molecule has 1 heterocycles. The fourth-order valence-electron chi connectivity index (χ4n) is 1.89. The molecule has 0 aliphatic carbocycles. The molecule has 4 heteroatoms. The van der Waals surface area contributed by atoms with E-state index >= 15 is 0 Å². The van der Waals surface area contributed by atoms with Crippen LogP contribution in [-0.4, -0.2) is 44.2 Å². The van der Waals surface area contributed by atoms with E-state index in [0.717, 1.165) is 30.7 Å². The van der Waals surface area contributed by atoms with Crippen molar-refractivity contribution in [3.8, 4) is 0 Å². The van der Waals surface area contributed by atoms with Gasteiger partial charge in [0.15, 0.2) is 0 Å². The Hall–Kier alpha value is -0.580. The van der Waals surface area contributed by atoms with E-state index in [0.29, 0.717) is 6.04 Å². The maximum atomic E-state index is 3.47. The summed E-state index contributed by atoms with van der Waals surface area (Å²) in [4.78, 5) is 2.41. The topological polar surface area (TPSA) is 27.3 Å². The lowest BCUT2D eigenvalue weighted by atomic mass is 10.2. The lowest BCUT2D eigenvalue weighted by Gasteiger charge is -2.33. The summed E-state index contributed by atoms with van der Waals surface area (Å²) in [6.45, 7) is 4.29. The zero-order chi connectivity index (χ0) is 11.4. The summed E-state index contributed by atoms with van der Waals surface area (Å²) in [5.74, 6) is 0. The van der Waals surface area contributed by atoms with Crippen molar-refractivity contribution in [2.45, 2.75) is 6.04 Å². The number of hydrogen-bond donors (Lipinski definition) is 2. The van der Waals surface area contributed by atoms with E-state index in [1.54, 1.807) is 0 Å². The Morgan fingerprint density at radius 1 is 1.44 bits per heavy atom. The van der Waals surface area contributed by atoms with Crippen molar-refractivity contribution in [1.82, 2.24) is 10.2 Å². The van der Waals surface area contributed by atoms with Crippen molar-refractivity contribution in [3.63, 3.8) is 0 Å². The number of nitrogens with zero attached hydrogens (tertiary/aromatic N) is 1. The molecule has 0 amide bonds. The number of rotatable bonds is 3. The molecule has 1 aromatic rings. The zero-order valence-corrected chi connectivity index (χ0v) is 11.1. The highest BCUT2D eigenvalue weighted by Gasteiger charge is 2.17. The van der Waals surface area contributed by atoms with E-state index < -0.39 is 0 Å². The molecule has 1 aliphatic rings. The van der Waals surface area contributed by atoms with Crippen LogP contribution < -0.4 is 10.6 Å². The second-order valence-corrected chi connectivity index (χ2v) is 5.14. The smallest absolute Gasteiger partial charge is 0.0390 e. The monoisotopic (exact) mass is 283 g/mol. The third kappa shape index (κ3) is 3.20. The molecule has 0 aromatic heterocycles. The number of piperazine rings is 1. The van der Waals surface area contributed by atoms with Crippen LogP contribution in [0.5, 0.6) is 0 Å². The van der Waals surface area contributed by atoms with Crippen LogP contribution in [0.15, 0.2) is 28.7 Å². The minimum Gasteiger partial charge on any atom is -0.383 e. The first kappa shape index (κ1) is 11.9. The molecule has 1 aliphatic heterocycles. The summed E-state index contributed by atoms with van der Waals surface area (Å²) in [5.41, 5.74) is 1.18. The molecule has 0 bridgehead atoms. The molecule has 2 N–H and O–H groups in total. The fourth-order valence-corrected chi connectivity index (χ4v) is 2.16. The minimum absolute atomic E-state index is 0.581. The Bertz CT molecular complexity index is 326. The van der Waals surface area contributed by atoms with Crippen LogP contribution >= 0.6 is 15.9 Å². The highest BCUT2D eigenvalue weighted by molar-refractivity contribution is 9.10. The predicted molar refractivity (Wildman–Crippen MR) is 71.9 cm³/mol. The molecular weight excluding hydrogens is 266 g/mol. The third-order valence-corrected chi connectivity index (χ3v) is 3.56. The van der Waals surface area contributed by atoms with Crippen molar-refractivity contribution in [3.05, 3.63) is 28.7 Å². The van der Waals surface area contributed by atoms with Gasteiger partial charge in [0, 0.05) is 42.4 Å². The van der Waals surface area contributed by atoms with Gasteiger partial charge in [0.2, 0.25) is 0 Å². The van der Waals surface area contributed by atoms with Crippen LogP contribution in [0.2, 0.25) is 0 Å². The molecule has 0 saturated carbocycles. The van der Waals surface area contributed by atoms with Gasteiger partial charge in [-0.1, -0.05) is 15.9 Å². The van der Waals surface area contributed by atoms with Crippen molar-refractivity contribution < 1.29 is 0 Å². The van der Waals surface area contributed by atoms with Crippen LogP contribution in [0.4, 0.5) is 5.69 Å². The van der Waals surface area contributed by atoms with Gasteiger partial charge in [0.05, 0.1) is 0 Å².